The van der Waals surface area contributed by atoms with Crippen LogP contribution >= 0.6 is 0 Å². The summed E-state index contributed by atoms with van der Waals surface area (Å²) in [5, 5.41) is 0. The first kappa shape index (κ1) is 16.3. The molecule has 6 nitrogen and oxygen atoms in total. The lowest BCUT2D eigenvalue weighted by Crippen LogP contribution is -2.42. The lowest BCUT2D eigenvalue weighted by Gasteiger charge is -2.33. The second-order valence-corrected chi connectivity index (χ2v) is 6.54. The summed E-state index contributed by atoms with van der Waals surface area (Å²) >= 11 is -2.10. The van der Waals surface area contributed by atoms with Crippen molar-refractivity contribution in [3.63, 3.8) is 0 Å². The summed E-state index contributed by atoms with van der Waals surface area (Å²) in [6.07, 6.45) is 1.54. The second kappa shape index (κ2) is 6.33. The number of nitrogens with zero attached hydrogens (tertiary/aromatic N) is 2. The van der Waals surface area contributed by atoms with Crippen molar-refractivity contribution in [3.05, 3.63) is 42.6 Å². The molecule has 0 aliphatic carbocycles. The number of pyridine rings is 1. The van der Waals surface area contributed by atoms with Crippen LogP contribution in [-0.2, 0) is 11.3 Å². The van der Waals surface area contributed by atoms with Gasteiger partial charge in [-0.3, -0.25) is 8.86 Å². The third-order valence-corrected chi connectivity index (χ3v) is 3.90. The molecule has 1 heterocycles. The summed E-state index contributed by atoms with van der Waals surface area (Å²) in [6, 6.07) is 10.3. The molecule has 1 aromatic heterocycles. The molecule has 1 aromatic carbocycles. The molecule has 0 saturated heterocycles. The van der Waals surface area contributed by atoms with Gasteiger partial charge in [0.1, 0.15) is 17.3 Å². The Labute approximate surface area is 132 Å². The number of benzene rings is 1. The molecule has 7 heteroatoms. The highest BCUT2D eigenvalue weighted by Crippen LogP contribution is 2.28. The monoisotopic (exact) mass is 321 g/mol. The first-order chi connectivity index (χ1) is 10.3. The molecule has 118 valence electrons. The molecule has 0 amide bonds. The van der Waals surface area contributed by atoms with Gasteiger partial charge in [-0.05, 0) is 57.2 Å². The molecular weight excluding hydrogens is 302 g/mol. The third-order valence-electron chi connectivity index (χ3n) is 2.83. The van der Waals surface area contributed by atoms with Crippen LogP contribution < -0.4 is 14.8 Å². The largest absolute Gasteiger partial charge is 0.456 e. The Morgan fingerprint density at radius 2 is 1.73 bits per heavy atom. The van der Waals surface area contributed by atoms with Crippen molar-refractivity contribution < 1.29 is 13.5 Å². The molecule has 0 radical (unpaired) electrons. The maximum Gasteiger partial charge on any atom is 0.262 e. The van der Waals surface area contributed by atoms with Gasteiger partial charge in [-0.1, -0.05) is 0 Å². The van der Waals surface area contributed by atoms with E-state index in [9.17, 15) is 8.76 Å². The van der Waals surface area contributed by atoms with Crippen LogP contribution in [0.4, 0.5) is 11.5 Å². The quantitative estimate of drug-likeness (QED) is 0.844. The fourth-order valence-corrected chi connectivity index (χ4v) is 2.72. The van der Waals surface area contributed by atoms with Crippen molar-refractivity contribution in [1.82, 2.24) is 4.98 Å². The minimum Gasteiger partial charge on any atom is -0.456 e. The number of rotatable bonds is 4. The van der Waals surface area contributed by atoms with Crippen LogP contribution in [0.5, 0.6) is 11.5 Å². The first-order valence-electron chi connectivity index (χ1n) is 6.68. The number of hydrogen-bond donors (Lipinski definition) is 2. The van der Waals surface area contributed by atoms with Crippen molar-refractivity contribution in [3.8, 4) is 11.5 Å². The van der Waals surface area contributed by atoms with Gasteiger partial charge in [0.15, 0.2) is 0 Å². The topological polar surface area (TPSA) is 88.7 Å². The van der Waals surface area contributed by atoms with Crippen LogP contribution in [0.2, 0.25) is 0 Å². The van der Waals surface area contributed by atoms with E-state index in [0.29, 0.717) is 23.0 Å². The van der Waals surface area contributed by atoms with E-state index in [1.165, 1.54) is 10.5 Å². The second-order valence-electron chi connectivity index (χ2n) is 5.71. The Morgan fingerprint density at radius 1 is 1.14 bits per heavy atom. The minimum atomic E-state index is -2.10. The maximum absolute atomic E-state index is 11.5. The molecule has 2 rings (SSSR count). The third kappa shape index (κ3) is 3.96. The predicted molar refractivity (Wildman–Crippen MR) is 88.2 cm³/mol. The number of nitrogen functional groups attached to an aromatic ring is 1. The first-order valence-corrected chi connectivity index (χ1v) is 7.74. The van der Waals surface area contributed by atoms with Crippen LogP contribution in [0.15, 0.2) is 42.6 Å². The SMILES string of the molecule is CC(C)(C)N(c1ccc(Oc2ccc(N)nc2)cc1)S(=O)O. The van der Waals surface area contributed by atoms with Crippen molar-refractivity contribution in [1.29, 1.82) is 0 Å². The van der Waals surface area contributed by atoms with Gasteiger partial charge < -0.3 is 10.5 Å². The smallest absolute Gasteiger partial charge is 0.262 e. The molecule has 2 aromatic rings. The summed E-state index contributed by atoms with van der Waals surface area (Å²) in [6.45, 7) is 5.60. The molecule has 0 fully saturated rings. The molecule has 0 aliphatic rings. The fraction of sp³-hybridized carbons (Fsp3) is 0.267. The number of anilines is 2. The van der Waals surface area contributed by atoms with Crippen molar-refractivity contribution in [2.75, 3.05) is 10.0 Å². The Hall–Kier alpha value is -2.12. The average molecular weight is 321 g/mol. The van der Waals surface area contributed by atoms with Crippen molar-refractivity contribution in [2.45, 2.75) is 26.3 Å². The van der Waals surface area contributed by atoms with Crippen LogP contribution in [0.1, 0.15) is 20.8 Å². The highest BCUT2D eigenvalue weighted by atomic mass is 32.2. The number of aromatic nitrogens is 1. The van der Waals surface area contributed by atoms with Crippen LogP contribution in [0, 0.1) is 0 Å². The lowest BCUT2D eigenvalue weighted by molar-refractivity contribution is 0.480. The number of nitrogens with two attached hydrogens (primary N) is 1. The zero-order valence-corrected chi connectivity index (χ0v) is 13.5. The number of ether oxygens (including phenoxy) is 1. The van der Waals surface area contributed by atoms with Gasteiger partial charge in [0, 0.05) is 5.54 Å². The Balaban J connectivity index is 2.19. The van der Waals surface area contributed by atoms with Gasteiger partial charge in [0.2, 0.25) is 0 Å². The van der Waals surface area contributed by atoms with Crippen molar-refractivity contribution in [2.24, 2.45) is 0 Å². The summed E-state index contributed by atoms with van der Waals surface area (Å²) < 4.78 is 28.1. The van der Waals surface area contributed by atoms with E-state index >= 15 is 0 Å². The van der Waals surface area contributed by atoms with Gasteiger partial charge in [0.05, 0.1) is 11.9 Å². The molecule has 0 spiro atoms. The lowest BCUT2D eigenvalue weighted by atomic mass is 10.1. The van der Waals surface area contributed by atoms with Gasteiger partial charge in [0.25, 0.3) is 11.3 Å². The van der Waals surface area contributed by atoms with E-state index in [1.54, 1.807) is 36.4 Å². The standard InChI is InChI=1S/C15H19N3O3S/c1-15(2,3)18(22(19)20)11-4-6-12(7-5-11)21-13-8-9-14(16)17-10-13/h4-10H,1-3H3,(H2,16,17)(H,19,20). The van der Waals surface area contributed by atoms with Gasteiger partial charge in [-0.2, -0.15) is 0 Å². The Bertz CT molecular complexity index is 651. The molecule has 0 aliphatic heterocycles. The Morgan fingerprint density at radius 3 is 2.18 bits per heavy atom. The molecule has 0 saturated carbocycles. The zero-order valence-electron chi connectivity index (χ0n) is 12.7. The van der Waals surface area contributed by atoms with E-state index < -0.39 is 16.8 Å². The minimum absolute atomic E-state index is 0.425. The molecule has 22 heavy (non-hydrogen) atoms. The van der Waals surface area contributed by atoms with E-state index in [1.807, 2.05) is 20.8 Å². The van der Waals surface area contributed by atoms with E-state index in [4.69, 9.17) is 10.5 Å². The molecule has 3 N–H and O–H groups in total. The molecular formula is C15H19N3O3S. The predicted octanol–water partition coefficient (Wildman–Crippen LogP) is 3.20. The normalized spacial score (nSPS) is 12.7. The van der Waals surface area contributed by atoms with Gasteiger partial charge >= 0.3 is 0 Å². The van der Waals surface area contributed by atoms with Gasteiger partial charge in [-0.25, -0.2) is 9.19 Å². The van der Waals surface area contributed by atoms with E-state index in [-0.39, 0.29) is 0 Å². The van der Waals surface area contributed by atoms with Crippen LogP contribution in [-0.4, -0.2) is 19.3 Å². The highest BCUT2D eigenvalue weighted by molar-refractivity contribution is 7.80. The number of hydrogen-bond acceptors (Lipinski definition) is 4. The van der Waals surface area contributed by atoms with Crippen molar-refractivity contribution >= 4 is 22.8 Å². The van der Waals surface area contributed by atoms with Crippen LogP contribution in [0.25, 0.3) is 0 Å². The summed E-state index contributed by atoms with van der Waals surface area (Å²) in [4.78, 5) is 3.95. The summed E-state index contributed by atoms with van der Waals surface area (Å²) in [7, 11) is 0. The molecule has 0 bridgehead atoms. The molecule has 1 unspecified atom stereocenters. The molecule has 1 atom stereocenters. The fourth-order valence-electron chi connectivity index (χ4n) is 1.95. The Kier molecular flexibility index (Phi) is 4.68. The zero-order chi connectivity index (χ0) is 16.3. The van der Waals surface area contributed by atoms with E-state index in [2.05, 4.69) is 4.98 Å². The van der Waals surface area contributed by atoms with Gasteiger partial charge in [-0.15, -0.1) is 0 Å². The summed E-state index contributed by atoms with van der Waals surface area (Å²) in [5.74, 6) is 1.60. The highest BCUT2D eigenvalue weighted by Gasteiger charge is 2.26. The maximum atomic E-state index is 11.5. The van der Waals surface area contributed by atoms with Crippen LogP contribution in [0.3, 0.4) is 0 Å². The van der Waals surface area contributed by atoms with E-state index in [0.717, 1.165) is 0 Å². The summed E-state index contributed by atoms with van der Waals surface area (Å²) in [5.41, 5.74) is 5.67. The average Bonchev–Trinajstić information content (AvgIpc) is 2.41.